The van der Waals surface area contributed by atoms with Crippen LogP contribution >= 0.6 is 11.3 Å². The van der Waals surface area contributed by atoms with Gasteiger partial charge in [0.05, 0.1) is 6.42 Å². The van der Waals surface area contributed by atoms with Crippen LogP contribution in [0.4, 0.5) is 0 Å². The van der Waals surface area contributed by atoms with Crippen molar-refractivity contribution in [2.24, 2.45) is 4.40 Å². The highest BCUT2D eigenvalue weighted by atomic mass is 32.2. The second kappa shape index (κ2) is 12.0. The molecule has 3 aromatic carbocycles. The smallest absolute Gasteiger partial charge is 0.290 e. The summed E-state index contributed by atoms with van der Waals surface area (Å²) in [7, 11) is -3.96. The van der Waals surface area contributed by atoms with Crippen molar-refractivity contribution in [2.45, 2.75) is 36.9 Å². The van der Waals surface area contributed by atoms with E-state index in [9.17, 15) is 18.3 Å². The molecule has 0 unspecified atom stereocenters. The van der Waals surface area contributed by atoms with Gasteiger partial charge in [0.1, 0.15) is 4.21 Å². The summed E-state index contributed by atoms with van der Waals surface area (Å²) < 4.78 is 28.0. The third-order valence-electron chi connectivity index (χ3n) is 5.80. The molecule has 1 N–H and O–H groups in total. The maximum absolute atomic E-state index is 12.3. The van der Waals surface area contributed by atoms with Crippen molar-refractivity contribution in [1.29, 1.82) is 0 Å². The Labute approximate surface area is 221 Å². The summed E-state index contributed by atoms with van der Waals surface area (Å²) in [6.07, 6.45) is 0.703. The van der Waals surface area contributed by atoms with Crippen molar-refractivity contribution < 1.29 is 18.3 Å². The molecule has 1 heterocycles. The lowest BCUT2D eigenvalue weighted by molar-refractivity contribution is -0.218. The first kappa shape index (κ1) is 26.3. The summed E-state index contributed by atoms with van der Waals surface area (Å²) in [6.45, 7) is 2.44. The van der Waals surface area contributed by atoms with Crippen molar-refractivity contribution in [2.75, 3.05) is 0 Å². The van der Waals surface area contributed by atoms with Crippen LogP contribution in [-0.4, -0.2) is 20.2 Å². The number of nitrogens with one attached hydrogen (secondary N) is 1. The van der Waals surface area contributed by atoms with Crippen LogP contribution in [0.1, 0.15) is 28.7 Å². The number of thiophene rings is 1. The fraction of sp³-hybridized carbons (Fsp3) is 0.172. The minimum Gasteiger partial charge on any atom is -0.861 e. The summed E-state index contributed by atoms with van der Waals surface area (Å²) in [6, 6.07) is 26.6. The Hall–Kier alpha value is -3.75. The first-order chi connectivity index (χ1) is 17.8. The van der Waals surface area contributed by atoms with E-state index in [1.54, 1.807) is 11.4 Å². The van der Waals surface area contributed by atoms with Gasteiger partial charge >= 0.3 is 0 Å². The molecule has 0 saturated carbocycles. The summed E-state index contributed by atoms with van der Waals surface area (Å²) in [5.74, 6) is -0.698. The molecule has 4 rings (SSSR count). The van der Waals surface area contributed by atoms with Crippen LogP contribution in [-0.2, 0) is 34.2 Å². The number of hydrogen-bond acceptors (Lipinski definition) is 5. The third kappa shape index (κ3) is 7.38. The molecular weight excluding hydrogens is 504 g/mol. The van der Waals surface area contributed by atoms with Gasteiger partial charge in [0.25, 0.3) is 10.0 Å². The van der Waals surface area contributed by atoms with Crippen LogP contribution < -0.4 is 10.4 Å². The van der Waals surface area contributed by atoms with Crippen molar-refractivity contribution >= 4 is 33.2 Å². The van der Waals surface area contributed by atoms with E-state index in [-0.39, 0.29) is 16.5 Å². The van der Waals surface area contributed by atoms with Crippen LogP contribution in [0.2, 0.25) is 0 Å². The molecule has 6 nitrogen and oxygen atoms in total. The summed E-state index contributed by atoms with van der Waals surface area (Å²) >= 11 is 1.04. The standard InChI is InChI=1S/C29H28N2O4S2/c1-21-6-4-7-23(18-21)19-28(33)30-20-22-11-13-25(14-12-22)26-9-3-2-8-24(26)15-16-27(32)31-37(34,35)29-10-5-17-36-29/h2-14,17-18H,15-16,19-20H2,1H3,(H,30,33)(H,31,32)/p-1. The van der Waals surface area contributed by atoms with E-state index in [4.69, 9.17) is 0 Å². The number of nitrogens with zero attached hydrogens (tertiary/aromatic N) is 1. The Bertz CT molecular complexity index is 1490. The number of carbonyl (C=O) groups is 1. The van der Waals surface area contributed by atoms with Crippen LogP contribution in [0.5, 0.6) is 0 Å². The van der Waals surface area contributed by atoms with Gasteiger partial charge in [0.15, 0.2) is 0 Å². The fourth-order valence-corrected chi connectivity index (χ4v) is 5.88. The number of hydrogen-bond donors (Lipinski definition) is 1. The number of amides is 1. The van der Waals surface area contributed by atoms with E-state index in [0.29, 0.717) is 19.4 Å². The molecular formula is C29H27N2O4S2-. The zero-order chi connectivity index (χ0) is 26.3. The predicted molar refractivity (Wildman–Crippen MR) is 146 cm³/mol. The lowest BCUT2D eigenvalue weighted by atomic mass is 9.96. The van der Waals surface area contributed by atoms with Gasteiger partial charge in [0, 0.05) is 6.54 Å². The Morgan fingerprint density at radius 3 is 2.46 bits per heavy atom. The Morgan fingerprint density at radius 1 is 0.946 bits per heavy atom. The minimum absolute atomic E-state index is 0.00727. The largest absolute Gasteiger partial charge is 0.861 e. The molecule has 0 bridgehead atoms. The van der Waals surface area contributed by atoms with Crippen molar-refractivity contribution in [3.8, 4) is 11.1 Å². The van der Waals surface area contributed by atoms with Crippen molar-refractivity contribution in [3.63, 3.8) is 0 Å². The second-order valence-electron chi connectivity index (χ2n) is 8.69. The van der Waals surface area contributed by atoms with E-state index >= 15 is 0 Å². The highest BCUT2D eigenvalue weighted by Crippen LogP contribution is 2.25. The molecule has 4 aromatic rings. The maximum Gasteiger partial charge on any atom is 0.290 e. The molecule has 0 spiro atoms. The summed E-state index contributed by atoms with van der Waals surface area (Å²) in [5.41, 5.74) is 5.96. The van der Waals surface area contributed by atoms with Crippen molar-refractivity contribution in [3.05, 3.63) is 113 Å². The molecule has 1 aromatic heterocycles. The Balaban J connectivity index is 1.37. The summed E-state index contributed by atoms with van der Waals surface area (Å²) in [4.78, 5) is 12.3. The first-order valence-corrected chi connectivity index (χ1v) is 14.2. The predicted octanol–water partition coefficient (Wildman–Crippen LogP) is 4.66. The number of sulfonamides is 1. The number of aryl methyl sites for hydroxylation is 2. The van der Waals surface area contributed by atoms with Crippen LogP contribution in [0.3, 0.4) is 0 Å². The molecule has 0 aliphatic heterocycles. The Kier molecular flexibility index (Phi) is 8.53. The Morgan fingerprint density at radius 2 is 1.73 bits per heavy atom. The molecule has 0 radical (unpaired) electrons. The van der Waals surface area contributed by atoms with E-state index < -0.39 is 15.9 Å². The molecule has 0 aliphatic carbocycles. The highest BCUT2D eigenvalue weighted by Gasteiger charge is 2.13. The maximum atomic E-state index is 12.3. The van der Waals surface area contributed by atoms with Crippen LogP contribution in [0, 0.1) is 6.92 Å². The van der Waals surface area contributed by atoms with Gasteiger partial charge in [-0.1, -0.05) is 84.4 Å². The van der Waals surface area contributed by atoms with E-state index in [0.717, 1.165) is 44.7 Å². The first-order valence-electron chi connectivity index (χ1n) is 11.8. The van der Waals surface area contributed by atoms with Gasteiger partial charge < -0.3 is 10.4 Å². The van der Waals surface area contributed by atoms with E-state index in [2.05, 4.69) is 9.71 Å². The fourth-order valence-electron chi connectivity index (χ4n) is 3.97. The van der Waals surface area contributed by atoms with Crippen LogP contribution in [0.15, 0.2) is 98.9 Å². The normalized spacial score (nSPS) is 11.9. The lowest BCUT2D eigenvalue weighted by Gasteiger charge is -2.14. The quantitative estimate of drug-likeness (QED) is 0.238. The monoisotopic (exact) mass is 531 g/mol. The number of rotatable bonds is 10. The third-order valence-corrected chi connectivity index (χ3v) is 8.47. The lowest BCUT2D eigenvalue weighted by Crippen LogP contribution is -2.24. The van der Waals surface area contributed by atoms with Gasteiger partial charge in [-0.25, -0.2) is 0 Å². The SMILES string of the molecule is Cc1cccc(CC(=O)NCc2ccc(-c3ccccc3CC/C([O-])=N\S(=O)(=O)c3cccs3)cc2)c1. The molecule has 0 fully saturated rings. The molecule has 190 valence electrons. The second-order valence-corrected chi connectivity index (χ2v) is 11.5. The number of benzene rings is 3. The number of carbonyl (C=O) groups excluding carboxylic acids is 1. The summed E-state index contributed by atoms with van der Waals surface area (Å²) in [5, 5.41) is 16.9. The van der Waals surface area contributed by atoms with Crippen molar-refractivity contribution in [1.82, 2.24) is 5.32 Å². The average Bonchev–Trinajstić information content (AvgIpc) is 3.43. The van der Waals surface area contributed by atoms with Gasteiger partial charge in [-0.15, -0.1) is 11.3 Å². The molecule has 0 saturated heterocycles. The van der Waals surface area contributed by atoms with Gasteiger partial charge in [-0.05, 0) is 64.9 Å². The molecule has 8 heteroatoms. The zero-order valence-electron chi connectivity index (χ0n) is 20.4. The molecule has 0 atom stereocenters. The highest BCUT2D eigenvalue weighted by molar-refractivity contribution is 7.92. The zero-order valence-corrected chi connectivity index (χ0v) is 22.0. The van der Waals surface area contributed by atoms with E-state index in [1.807, 2.05) is 79.7 Å². The molecule has 0 aliphatic rings. The van der Waals surface area contributed by atoms with Gasteiger partial charge in [0.2, 0.25) is 5.91 Å². The topological polar surface area (TPSA) is 98.7 Å². The molecule has 1 amide bonds. The average molecular weight is 532 g/mol. The van der Waals surface area contributed by atoms with Gasteiger partial charge in [-0.3, -0.25) is 4.79 Å². The van der Waals surface area contributed by atoms with E-state index in [1.165, 1.54) is 6.07 Å². The minimum atomic E-state index is -3.96. The van der Waals surface area contributed by atoms with Crippen LogP contribution in [0.25, 0.3) is 11.1 Å². The van der Waals surface area contributed by atoms with Gasteiger partial charge in [-0.2, -0.15) is 12.8 Å². The molecule has 37 heavy (non-hydrogen) atoms.